The van der Waals surface area contributed by atoms with Crippen molar-refractivity contribution in [3.8, 4) is 0 Å². The fraction of sp³-hybridized carbons (Fsp3) is 0.833. The molecule has 12 heteroatoms. The minimum Gasteiger partial charge on any atom is -0.199 e. The summed E-state index contributed by atoms with van der Waals surface area (Å²) in [4.78, 5) is 0. The quantitative estimate of drug-likeness (QED) is 0.688. The Bertz CT molecular complexity index is 293. The van der Waals surface area contributed by atoms with Crippen molar-refractivity contribution in [1.82, 2.24) is 0 Å². The van der Waals surface area contributed by atoms with Crippen LogP contribution in [0.15, 0.2) is 0 Å². The molecule has 0 rings (SSSR count). The average Bonchev–Trinajstić information content (AvgIpc) is 1.96. The van der Waals surface area contributed by atoms with Crippen LogP contribution in [0.3, 0.4) is 0 Å². The number of halogens is 12. The summed E-state index contributed by atoms with van der Waals surface area (Å²) in [6.45, 7) is 0. The lowest BCUT2D eigenvalue weighted by atomic mass is 10.0. The van der Waals surface area contributed by atoms with Gasteiger partial charge in [0.25, 0.3) is 0 Å². The molecule has 0 spiro atoms. The van der Waals surface area contributed by atoms with Gasteiger partial charge in [-0.1, -0.05) is 0 Å². The van der Waals surface area contributed by atoms with E-state index in [9.17, 15) is 52.7 Å². The summed E-state index contributed by atoms with van der Waals surface area (Å²) in [5.41, 5.74) is 0. The molecule has 0 bridgehead atoms. The number of alkyl halides is 12. The van der Waals surface area contributed by atoms with E-state index in [1.807, 2.05) is 0 Å². The largest absolute Gasteiger partial charge is 0.459 e. The van der Waals surface area contributed by atoms with Gasteiger partial charge in [0.15, 0.2) is 6.42 Å². The Hall–Kier alpha value is -0.840. The van der Waals surface area contributed by atoms with Crippen molar-refractivity contribution in [2.45, 2.75) is 30.1 Å². The highest BCUT2D eigenvalue weighted by Gasteiger charge is 2.77. The van der Waals surface area contributed by atoms with Gasteiger partial charge in [-0.3, -0.25) is 0 Å². The highest BCUT2D eigenvalue weighted by atomic mass is 19.4. The van der Waals surface area contributed by atoms with E-state index in [0.717, 1.165) is 0 Å². The molecule has 0 amide bonds. The van der Waals surface area contributed by atoms with Gasteiger partial charge in [-0.15, -0.1) is 0 Å². The highest BCUT2D eigenvalue weighted by Crippen LogP contribution is 2.52. The molecule has 0 saturated carbocycles. The van der Waals surface area contributed by atoms with Gasteiger partial charge in [0.1, 0.15) is 0 Å². The first-order valence-electron chi connectivity index (χ1n) is 3.52. The van der Waals surface area contributed by atoms with Crippen molar-refractivity contribution in [3.63, 3.8) is 0 Å². The molecule has 0 saturated heterocycles. The minimum atomic E-state index is -7.12. The zero-order valence-corrected chi connectivity index (χ0v) is 7.54. The zero-order chi connectivity index (χ0) is 15.2. The van der Waals surface area contributed by atoms with E-state index in [0.29, 0.717) is 0 Å². The zero-order valence-electron chi connectivity index (χ0n) is 7.54. The normalized spacial score (nSPS) is 16.0. The van der Waals surface area contributed by atoms with Crippen LogP contribution in [0.2, 0.25) is 0 Å². The Kier molecular flexibility index (Phi) is 3.89. The van der Waals surface area contributed by atoms with Crippen molar-refractivity contribution in [2.75, 3.05) is 0 Å². The Labute approximate surface area is 90.6 Å². The van der Waals surface area contributed by atoms with Gasteiger partial charge in [-0.05, 0) is 0 Å². The molecule has 0 atom stereocenters. The molecule has 0 aromatic carbocycles. The van der Waals surface area contributed by atoms with Gasteiger partial charge in [-0.25, -0.2) is 0 Å². The molecule has 0 fully saturated rings. The first kappa shape index (κ1) is 17.2. The van der Waals surface area contributed by atoms with Gasteiger partial charge in [0.2, 0.25) is 0 Å². The van der Waals surface area contributed by atoms with Gasteiger partial charge in [-0.2, -0.15) is 52.7 Å². The molecule has 0 aliphatic heterocycles. The van der Waals surface area contributed by atoms with Crippen LogP contribution < -0.4 is 0 Å². The molecule has 0 heterocycles. The maximum absolute atomic E-state index is 12.2. The van der Waals surface area contributed by atoms with Crippen LogP contribution >= 0.6 is 0 Å². The van der Waals surface area contributed by atoms with Crippen LogP contribution in [-0.4, -0.2) is 30.1 Å². The summed E-state index contributed by atoms with van der Waals surface area (Å²) in [5.74, 6) is -20.6. The van der Waals surface area contributed by atoms with Crippen molar-refractivity contribution >= 4 is 0 Å². The van der Waals surface area contributed by atoms with Crippen molar-refractivity contribution < 1.29 is 52.7 Å². The minimum absolute atomic E-state index is 1.34. The Balaban J connectivity index is 5.33. The van der Waals surface area contributed by atoms with Crippen LogP contribution in [0.4, 0.5) is 52.7 Å². The molecule has 0 aromatic rings. The van der Waals surface area contributed by atoms with E-state index in [2.05, 4.69) is 0 Å². The first-order chi connectivity index (χ1) is 7.46. The molecule has 0 aliphatic carbocycles. The third-order valence-electron chi connectivity index (χ3n) is 1.42. The fourth-order valence-electron chi connectivity index (χ4n) is 0.525. The molecular weight excluding hydrogens is 300 g/mol. The fourth-order valence-corrected chi connectivity index (χ4v) is 0.525. The summed E-state index contributed by atoms with van der Waals surface area (Å²) in [6.07, 6.45) is -15.1. The maximum Gasteiger partial charge on any atom is 0.459 e. The number of hydrogen-bond acceptors (Lipinski definition) is 0. The summed E-state index contributed by atoms with van der Waals surface area (Å²) in [7, 11) is 0. The predicted octanol–water partition coefficient (Wildman–Crippen LogP) is 4.10. The molecule has 0 aromatic heterocycles. The lowest BCUT2D eigenvalue weighted by Crippen LogP contribution is -2.56. The summed E-state index contributed by atoms with van der Waals surface area (Å²) in [5, 5.41) is 0. The van der Waals surface area contributed by atoms with Gasteiger partial charge >= 0.3 is 30.1 Å². The third kappa shape index (κ3) is 2.94. The SMILES string of the molecule is FC(F)(F)C(F)(F)[C]C(F)(F)C(F)(F)C(F)(F)F. The second-order valence-electron chi connectivity index (χ2n) is 2.84. The molecule has 108 valence electrons. The summed E-state index contributed by atoms with van der Waals surface area (Å²) >= 11 is 0. The topological polar surface area (TPSA) is 0 Å². The van der Waals surface area contributed by atoms with E-state index in [1.54, 1.807) is 0 Å². The Morgan fingerprint density at radius 3 is 1.00 bits per heavy atom. The highest BCUT2D eigenvalue weighted by molar-refractivity contribution is 5.08. The lowest BCUT2D eigenvalue weighted by molar-refractivity contribution is -0.358. The Morgan fingerprint density at radius 2 is 0.778 bits per heavy atom. The van der Waals surface area contributed by atoms with Crippen molar-refractivity contribution in [3.05, 3.63) is 6.42 Å². The van der Waals surface area contributed by atoms with E-state index < -0.39 is 36.5 Å². The van der Waals surface area contributed by atoms with E-state index >= 15 is 0 Å². The van der Waals surface area contributed by atoms with Crippen LogP contribution in [0, 0.1) is 6.42 Å². The second-order valence-corrected chi connectivity index (χ2v) is 2.84. The molecular formula is C6F12. The average molecular weight is 300 g/mol. The molecule has 2 radical (unpaired) electrons. The smallest absolute Gasteiger partial charge is 0.199 e. The van der Waals surface area contributed by atoms with Gasteiger partial charge < -0.3 is 0 Å². The molecule has 0 N–H and O–H groups in total. The number of hydrogen-bond donors (Lipinski definition) is 0. The molecule has 18 heavy (non-hydrogen) atoms. The second kappa shape index (κ2) is 4.08. The van der Waals surface area contributed by atoms with Crippen LogP contribution in [0.25, 0.3) is 0 Å². The Morgan fingerprint density at radius 1 is 0.444 bits per heavy atom. The van der Waals surface area contributed by atoms with E-state index in [4.69, 9.17) is 0 Å². The van der Waals surface area contributed by atoms with E-state index in [1.165, 1.54) is 0 Å². The lowest BCUT2D eigenvalue weighted by Gasteiger charge is -2.30. The molecule has 0 nitrogen and oxygen atoms in total. The van der Waals surface area contributed by atoms with Crippen LogP contribution in [-0.2, 0) is 0 Å². The maximum atomic E-state index is 12.2. The first-order valence-corrected chi connectivity index (χ1v) is 3.52. The summed E-state index contributed by atoms with van der Waals surface area (Å²) in [6, 6.07) is 0. The van der Waals surface area contributed by atoms with E-state index in [-0.39, 0.29) is 0 Å². The summed E-state index contributed by atoms with van der Waals surface area (Å²) < 4.78 is 141. The van der Waals surface area contributed by atoms with Crippen LogP contribution in [0.5, 0.6) is 0 Å². The number of rotatable bonds is 3. The van der Waals surface area contributed by atoms with Crippen molar-refractivity contribution in [1.29, 1.82) is 0 Å². The predicted molar refractivity (Wildman–Crippen MR) is 30.2 cm³/mol. The molecule has 0 unspecified atom stereocenters. The van der Waals surface area contributed by atoms with Crippen LogP contribution in [0.1, 0.15) is 0 Å². The monoisotopic (exact) mass is 300 g/mol. The standard InChI is InChI=1S/C6F12/c7-2(8,4(11,12)6(16,17)18)1-3(9,10)5(13,14)15. The third-order valence-corrected chi connectivity index (χ3v) is 1.42. The van der Waals surface area contributed by atoms with Crippen molar-refractivity contribution in [2.24, 2.45) is 0 Å². The molecule has 0 aliphatic rings. The van der Waals surface area contributed by atoms with Gasteiger partial charge in [0, 0.05) is 0 Å². The van der Waals surface area contributed by atoms with Gasteiger partial charge in [0.05, 0.1) is 0 Å².